The van der Waals surface area contributed by atoms with Gasteiger partial charge >= 0.3 is 11.9 Å². The summed E-state index contributed by atoms with van der Waals surface area (Å²) in [4.78, 5) is 34.6. The first kappa shape index (κ1) is 15.0. The second kappa shape index (κ2) is 6.09. The zero-order chi connectivity index (χ0) is 15.7. The molecule has 0 fully saturated rings. The molecule has 9 heteroatoms. The monoisotopic (exact) mass is 337 g/mol. The summed E-state index contributed by atoms with van der Waals surface area (Å²) in [6.45, 7) is 0. The van der Waals surface area contributed by atoms with Crippen molar-refractivity contribution < 1.29 is 19.8 Å². The van der Waals surface area contributed by atoms with E-state index in [1.807, 2.05) is 0 Å². The van der Waals surface area contributed by atoms with Gasteiger partial charge in [0.15, 0.2) is 12.1 Å². The number of thioether (sulfide) groups is 2. The molecule has 2 aliphatic heterocycles. The van der Waals surface area contributed by atoms with Crippen LogP contribution in [0.3, 0.4) is 0 Å². The fourth-order valence-corrected chi connectivity index (χ4v) is 3.95. The van der Waals surface area contributed by atoms with Crippen LogP contribution in [0.1, 0.15) is 11.4 Å². The van der Waals surface area contributed by atoms with Gasteiger partial charge in [0.25, 0.3) is 0 Å². The molecule has 3 heterocycles. The molecule has 3 rings (SSSR count). The van der Waals surface area contributed by atoms with Gasteiger partial charge in [0.1, 0.15) is 10.1 Å². The molecule has 2 unspecified atom stereocenters. The third kappa shape index (κ3) is 3.00. The Labute approximate surface area is 134 Å². The molecule has 0 radical (unpaired) electrons. The highest BCUT2D eigenvalue weighted by atomic mass is 32.2. The van der Waals surface area contributed by atoms with Crippen molar-refractivity contribution in [2.75, 3.05) is 11.5 Å². The Kier molecular flexibility index (Phi) is 4.16. The quantitative estimate of drug-likeness (QED) is 0.842. The second-order valence-corrected chi connectivity index (χ2v) is 6.62. The molecule has 1 aromatic rings. The van der Waals surface area contributed by atoms with E-state index < -0.39 is 24.0 Å². The van der Waals surface area contributed by atoms with Crippen molar-refractivity contribution in [2.24, 2.45) is 9.98 Å². The topological polar surface area (TPSA) is 112 Å². The average Bonchev–Trinajstić information content (AvgIpc) is 3.17. The zero-order valence-electron chi connectivity index (χ0n) is 11.2. The fraction of sp³-hybridized carbons (Fsp3) is 0.308. The van der Waals surface area contributed by atoms with Gasteiger partial charge in [0, 0.05) is 11.5 Å². The molecule has 0 aromatic carbocycles. The van der Waals surface area contributed by atoms with Crippen LogP contribution in [-0.4, -0.2) is 60.8 Å². The number of rotatable bonds is 4. The minimum atomic E-state index is -0.946. The summed E-state index contributed by atoms with van der Waals surface area (Å²) in [5, 5.41) is 19.1. The van der Waals surface area contributed by atoms with E-state index >= 15 is 0 Å². The lowest BCUT2D eigenvalue weighted by Crippen LogP contribution is -2.17. The molecule has 0 saturated carbocycles. The SMILES string of the molecule is O=C(O)C1CSC(c2cccc(C3=NC(C(=O)O)CS3)n2)=N1. The predicted octanol–water partition coefficient (Wildman–Crippen LogP) is 0.975. The Hall–Kier alpha value is -1.87. The Morgan fingerprint density at radius 2 is 1.41 bits per heavy atom. The molecule has 0 spiro atoms. The van der Waals surface area contributed by atoms with Crippen molar-refractivity contribution in [1.82, 2.24) is 4.98 Å². The van der Waals surface area contributed by atoms with Crippen molar-refractivity contribution in [3.63, 3.8) is 0 Å². The Morgan fingerprint density at radius 1 is 0.955 bits per heavy atom. The molecule has 7 nitrogen and oxygen atoms in total. The van der Waals surface area contributed by atoms with Crippen LogP contribution in [-0.2, 0) is 9.59 Å². The molecule has 2 atom stereocenters. The molecule has 1 aromatic heterocycles. The third-order valence-corrected chi connectivity index (χ3v) is 5.20. The molecule has 2 aliphatic rings. The second-order valence-electron chi connectivity index (χ2n) is 4.61. The summed E-state index contributed by atoms with van der Waals surface area (Å²) < 4.78 is 0. The Morgan fingerprint density at radius 3 is 1.77 bits per heavy atom. The van der Waals surface area contributed by atoms with Crippen LogP contribution in [0.25, 0.3) is 0 Å². The van der Waals surface area contributed by atoms with E-state index in [4.69, 9.17) is 10.2 Å². The van der Waals surface area contributed by atoms with Crippen LogP contribution in [0.5, 0.6) is 0 Å². The van der Waals surface area contributed by atoms with Crippen molar-refractivity contribution >= 4 is 45.5 Å². The molecule has 22 heavy (non-hydrogen) atoms. The number of hydrogen-bond acceptors (Lipinski definition) is 7. The van der Waals surface area contributed by atoms with E-state index in [1.54, 1.807) is 18.2 Å². The molecule has 0 amide bonds. The lowest BCUT2D eigenvalue weighted by Gasteiger charge is -2.03. The van der Waals surface area contributed by atoms with Crippen molar-refractivity contribution in [2.45, 2.75) is 12.1 Å². The Bertz CT molecular complexity index is 649. The standard InChI is InChI=1S/C13H11N3O4S2/c17-12(18)8-4-21-10(15-8)6-2-1-3-7(14-6)11-16-9(5-22-11)13(19)20/h1-3,8-9H,4-5H2,(H,17,18)(H,19,20). The van der Waals surface area contributed by atoms with Gasteiger partial charge in [-0.15, -0.1) is 23.5 Å². The van der Waals surface area contributed by atoms with Crippen LogP contribution in [0.2, 0.25) is 0 Å². The van der Waals surface area contributed by atoms with Gasteiger partial charge in [-0.05, 0) is 12.1 Å². The van der Waals surface area contributed by atoms with Crippen molar-refractivity contribution in [1.29, 1.82) is 0 Å². The lowest BCUT2D eigenvalue weighted by molar-refractivity contribution is -0.138. The number of aliphatic carboxylic acids is 2. The summed E-state index contributed by atoms with van der Waals surface area (Å²) in [6.07, 6.45) is 0. The first-order chi connectivity index (χ1) is 10.5. The van der Waals surface area contributed by atoms with E-state index in [2.05, 4.69) is 15.0 Å². The number of carbonyl (C=O) groups is 2. The lowest BCUT2D eigenvalue weighted by atomic mass is 10.3. The number of aliphatic imine (C=N–C) groups is 2. The molecule has 2 N–H and O–H groups in total. The van der Waals surface area contributed by atoms with Crippen molar-refractivity contribution in [3.8, 4) is 0 Å². The average molecular weight is 337 g/mol. The zero-order valence-corrected chi connectivity index (χ0v) is 12.8. The summed E-state index contributed by atoms with van der Waals surface area (Å²) >= 11 is 2.71. The van der Waals surface area contributed by atoms with Crippen LogP contribution >= 0.6 is 23.5 Å². The molecular formula is C13H11N3O4S2. The van der Waals surface area contributed by atoms with Gasteiger partial charge in [0.2, 0.25) is 0 Å². The predicted molar refractivity (Wildman–Crippen MR) is 85.1 cm³/mol. The van der Waals surface area contributed by atoms with Gasteiger partial charge < -0.3 is 10.2 Å². The Balaban J connectivity index is 1.85. The first-order valence-electron chi connectivity index (χ1n) is 6.39. The van der Waals surface area contributed by atoms with Crippen LogP contribution in [0, 0.1) is 0 Å². The van der Waals surface area contributed by atoms with Crippen LogP contribution in [0.4, 0.5) is 0 Å². The van der Waals surface area contributed by atoms with Gasteiger partial charge in [0.05, 0.1) is 11.4 Å². The summed E-state index contributed by atoms with van der Waals surface area (Å²) in [7, 11) is 0. The minimum Gasteiger partial charge on any atom is -0.480 e. The highest BCUT2D eigenvalue weighted by Gasteiger charge is 2.28. The number of carboxylic acid groups (broad SMARTS) is 2. The van der Waals surface area contributed by atoms with E-state index in [0.29, 0.717) is 33.0 Å². The van der Waals surface area contributed by atoms with Crippen LogP contribution in [0.15, 0.2) is 28.2 Å². The maximum absolute atomic E-state index is 10.9. The van der Waals surface area contributed by atoms with E-state index in [-0.39, 0.29) is 0 Å². The summed E-state index contributed by atoms with van der Waals surface area (Å²) in [6, 6.07) is 3.83. The first-order valence-corrected chi connectivity index (χ1v) is 8.36. The largest absolute Gasteiger partial charge is 0.480 e. The number of hydrogen-bond donors (Lipinski definition) is 2. The van der Waals surface area contributed by atoms with Gasteiger partial charge in [-0.2, -0.15) is 0 Å². The summed E-state index contributed by atoms with van der Waals surface area (Å²) in [5.74, 6) is -1.10. The minimum absolute atomic E-state index is 0.396. The number of aromatic nitrogens is 1. The number of pyridine rings is 1. The highest BCUT2D eigenvalue weighted by Crippen LogP contribution is 2.25. The van der Waals surface area contributed by atoms with Gasteiger partial charge in [-0.25, -0.2) is 14.6 Å². The molecule has 114 valence electrons. The van der Waals surface area contributed by atoms with E-state index in [9.17, 15) is 9.59 Å². The number of carboxylic acids is 2. The van der Waals surface area contributed by atoms with Crippen LogP contribution < -0.4 is 0 Å². The van der Waals surface area contributed by atoms with E-state index in [0.717, 1.165) is 0 Å². The number of nitrogens with zero attached hydrogens (tertiary/aromatic N) is 3. The highest BCUT2D eigenvalue weighted by molar-refractivity contribution is 8.15. The fourth-order valence-electron chi connectivity index (χ4n) is 1.95. The molecular weight excluding hydrogens is 326 g/mol. The van der Waals surface area contributed by atoms with Crippen molar-refractivity contribution in [3.05, 3.63) is 29.6 Å². The van der Waals surface area contributed by atoms with Gasteiger partial charge in [-0.1, -0.05) is 6.07 Å². The maximum Gasteiger partial charge on any atom is 0.329 e. The van der Waals surface area contributed by atoms with E-state index in [1.165, 1.54) is 23.5 Å². The summed E-state index contributed by atoms with van der Waals surface area (Å²) in [5.41, 5.74) is 1.18. The maximum atomic E-state index is 10.9. The molecule has 0 saturated heterocycles. The molecule has 0 aliphatic carbocycles. The van der Waals surface area contributed by atoms with Gasteiger partial charge in [-0.3, -0.25) is 9.98 Å². The normalized spacial score (nSPS) is 24.0. The molecule has 0 bridgehead atoms. The third-order valence-electron chi connectivity index (χ3n) is 3.06. The smallest absolute Gasteiger partial charge is 0.329 e.